The quantitative estimate of drug-likeness (QED) is 0.505. The molecule has 0 amide bonds. The second kappa shape index (κ2) is 6.98. The fraction of sp³-hybridized carbons (Fsp3) is 0.600. The molecule has 0 aromatic carbocycles. The molecule has 0 unspecified atom stereocenters. The summed E-state index contributed by atoms with van der Waals surface area (Å²) in [4.78, 5) is 21.3. The Bertz CT molecular complexity index is 271. The number of halogens is 1. The molecule has 5 heteroatoms. The SMILES string of the molecule is C/C(C(=O)O)=C(\CCCCC[18F])C(=O)O. The average molecular weight is 217 g/mol. The van der Waals surface area contributed by atoms with E-state index in [4.69, 9.17) is 10.2 Å². The van der Waals surface area contributed by atoms with Crippen molar-refractivity contribution >= 4 is 11.9 Å². The largest absolute Gasteiger partial charge is 0.478 e. The Labute approximate surface area is 87.4 Å². The zero-order valence-electron chi connectivity index (χ0n) is 8.62. The lowest BCUT2D eigenvalue weighted by molar-refractivity contribution is -0.136. The highest BCUT2D eigenvalue weighted by atomic mass is 18.2. The number of aliphatic carboxylic acids is 2. The van der Waals surface area contributed by atoms with Crippen LogP contribution in [-0.2, 0) is 9.59 Å². The van der Waals surface area contributed by atoms with Gasteiger partial charge in [-0.3, -0.25) is 4.39 Å². The Balaban J connectivity index is 4.36. The molecule has 15 heavy (non-hydrogen) atoms. The Hall–Kier alpha value is -1.39. The molecule has 0 atom stereocenters. The van der Waals surface area contributed by atoms with Crippen molar-refractivity contribution in [2.75, 3.05) is 6.67 Å². The van der Waals surface area contributed by atoms with Crippen molar-refractivity contribution in [3.63, 3.8) is 0 Å². The van der Waals surface area contributed by atoms with Gasteiger partial charge >= 0.3 is 11.9 Å². The molecule has 0 heterocycles. The van der Waals surface area contributed by atoms with E-state index in [0.29, 0.717) is 19.3 Å². The van der Waals surface area contributed by atoms with E-state index in [2.05, 4.69) is 0 Å². The van der Waals surface area contributed by atoms with Gasteiger partial charge in [0.1, 0.15) is 0 Å². The fourth-order valence-corrected chi connectivity index (χ4v) is 1.16. The summed E-state index contributed by atoms with van der Waals surface area (Å²) in [6.45, 7) is 0.838. The van der Waals surface area contributed by atoms with Gasteiger partial charge in [-0.05, 0) is 26.2 Å². The molecule has 0 fully saturated rings. The Morgan fingerprint density at radius 2 is 1.67 bits per heavy atom. The van der Waals surface area contributed by atoms with E-state index in [1.807, 2.05) is 0 Å². The topological polar surface area (TPSA) is 74.6 Å². The molecular weight excluding hydrogens is 202 g/mol. The number of rotatable bonds is 7. The summed E-state index contributed by atoms with van der Waals surface area (Å²) in [5, 5.41) is 17.4. The van der Waals surface area contributed by atoms with E-state index < -0.39 is 18.6 Å². The number of carboxylic acids is 2. The number of carbonyl (C=O) groups is 2. The standard InChI is InChI=1S/C10H15FO4/c1-7(9(12)13)8(10(14)15)5-3-2-4-6-11/h2-6H2,1H3,(H,12,13)(H,14,15)/b8-7-/i11-1. The van der Waals surface area contributed by atoms with Gasteiger partial charge in [0.25, 0.3) is 0 Å². The summed E-state index contributed by atoms with van der Waals surface area (Å²) in [5.41, 5.74) is -0.246. The first-order valence-corrected chi connectivity index (χ1v) is 4.73. The van der Waals surface area contributed by atoms with Gasteiger partial charge in [-0.2, -0.15) is 0 Å². The molecule has 0 saturated carbocycles. The minimum atomic E-state index is -1.22. The lowest BCUT2D eigenvalue weighted by Crippen LogP contribution is -2.09. The molecule has 0 aliphatic heterocycles. The molecule has 0 spiro atoms. The van der Waals surface area contributed by atoms with Gasteiger partial charge in [0.2, 0.25) is 0 Å². The molecule has 4 nitrogen and oxygen atoms in total. The van der Waals surface area contributed by atoms with Gasteiger partial charge in [0, 0.05) is 11.1 Å². The van der Waals surface area contributed by atoms with Crippen molar-refractivity contribution in [1.29, 1.82) is 0 Å². The van der Waals surface area contributed by atoms with Crippen LogP contribution in [0.15, 0.2) is 11.1 Å². The van der Waals surface area contributed by atoms with E-state index >= 15 is 0 Å². The van der Waals surface area contributed by atoms with Crippen LogP contribution in [0.3, 0.4) is 0 Å². The molecule has 0 rings (SSSR count). The fourth-order valence-electron chi connectivity index (χ4n) is 1.16. The van der Waals surface area contributed by atoms with Crippen molar-refractivity contribution in [3.8, 4) is 0 Å². The second-order valence-corrected chi connectivity index (χ2v) is 3.21. The van der Waals surface area contributed by atoms with Crippen LogP contribution in [0.5, 0.6) is 0 Å². The summed E-state index contributed by atoms with van der Waals surface area (Å²) < 4.78 is 11.7. The summed E-state index contributed by atoms with van der Waals surface area (Å²) in [7, 11) is 0. The molecule has 0 radical (unpaired) electrons. The highest BCUT2D eigenvalue weighted by Gasteiger charge is 2.15. The van der Waals surface area contributed by atoms with Crippen LogP contribution in [0.1, 0.15) is 32.6 Å². The van der Waals surface area contributed by atoms with Crippen molar-refractivity contribution in [2.45, 2.75) is 32.6 Å². The van der Waals surface area contributed by atoms with Gasteiger partial charge in [-0.25, -0.2) is 9.59 Å². The number of hydrogen-bond donors (Lipinski definition) is 2. The lowest BCUT2D eigenvalue weighted by Gasteiger charge is -2.04. The molecule has 86 valence electrons. The maximum absolute atomic E-state index is 11.7. The third-order valence-electron chi connectivity index (χ3n) is 2.09. The van der Waals surface area contributed by atoms with Crippen molar-refractivity contribution in [3.05, 3.63) is 11.1 Å². The van der Waals surface area contributed by atoms with Crippen molar-refractivity contribution < 1.29 is 24.2 Å². The second-order valence-electron chi connectivity index (χ2n) is 3.21. The summed E-state index contributed by atoms with van der Waals surface area (Å²) in [5.74, 6) is -2.44. The van der Waals surface area contributed by atoms with Crippen LogP contribution in [0.2, 0.25) is 0 Å². The van der Waals surface area contributed by atoms with E-state index in [1.54, 1.807) is 0 Å². The van der Waals surface area contributed by atoms with E-state index in [0.717, 1.165) is 0 Å². The molecule has 0 aliphatic rings. The van der Waals surface area contributed by atoms with Crippen LogP contribution in [0.4, 0.5) is 4.39 Å². The third-order valence-corrected chi connectivity index (χ3v) is 2.09. The zero-order valence-corrected chi connectivity index (χ0v) is 8.62. The number of unbranched alkanes of at least 4 members (excludes halogenated alkanes) is 2. The van der Waals surface area contributed by atoms with E-state index in [1.165, 1.54) is 6.92 Å². The lowest BCUT2D eigenvalue weighted by atomic mass is 10.0. The van der Waals surface area contributed by atoms with E-state index in [9.17, 15) is 14.0 Å². The Morgan fingerprint density at radius 1 is 1.07 bits per heavy atom. The predicted octanol–water partition coefficient (Wildman–Crippen LogP) is 2.00. The van der Waals surface area contributed by atoms with Gasteiger partial charge in [-0.1, -0.05) is 6.42 Å². The number of alkyl halides is 1. The van der Waals surface area contributed by atoms with E-state index in [-0.39, 0.29) is 17.6 Å². The van der Waals surface area contributed by atoms with Crippen molar-refractivity contribution in [1.82, 2.24) is 0 Å². The molecule has 0 bridgehead atoms. The maximum atomic E-state index is 11.7. The van der Waals surface area contributed by atoms with Crippen LogP contribution in [-0.4, -0.2) is 28.8 Å². The molecule has 0 aromatic rings. The summed E-state index contributed by atoms with van der Waals surface area (Å²) >= 11 is 0. The highest BCUT2D eigenvalue weighted by molar-refractivity contribution is 5.98. The van der Waals surface area contributed by atoms with Crippen LogP contribution < -0.4 is 0 Å². The molecule has 0 aliphatic carbocycles. The van der Waals surface area contributed by atoms with Gasteiger partial charge in [0.05, 0.1) is 6.67 Å². The van der Waals surface area contributed by atoms with Gasteiger partial charge in [0.15, 0.2) is 0 Å². The Kier molecular flexibility index (Phi) is 6.33. The zero-order chi connectivity index (χ0) is 11.8. The van der Waals surface area contributed by atoms with Crippen LogP contribution >= 0.6 is 0 Å². The molecule has 0 aromatic heterocycles. The smallest absolute Gasteiger partial charge is 0.332 e. The van der Waals surface area contributed by atoms with Crippen LogP contribution in [0.25, 0.3) is 0 Å². The normalized spacial score (nSPS) is 12.1. The molecule has 2 N–H and O–H groups in total. The number of carboxylic acid groups (broad SMARTS) is 2. The van der Waals surface area contributed by atoms with Gasteiger partial charge < -0.3 is 10.2 Å². The minimum absolute atomic E-state index is 0.0960. The minimum Gasteiger partial charge on any atom is -0.478 e. The number of hydrogen-bond acceptors (Lipinski definition) is 2. The predicted molar refractivity (Wildman–Crippen MR) is 52.4 cm³/mol. The summed E-state index contributed by atoms with van der Waals surface area (Å²) in [6.07, 6.45) is 1.63. The van der Waals surface area contributed by atoms with Crippen molar-refractivity contribution in [2.24, 2.45) is 0 Å². The summed E-state index contributed by atoms with van der Waals surface area (Å²) in [6, 6.07) is 0. The molecular formula is C10H15FO4. The first kappa shape index (κ1) is 13.6. The van der Waals surface area contributed by atoms with Gasteiger partial charge in [-0.15, -0.1) is 0 Å². The Morgan fingerprint density at radius 3 is 2.07 bits per heavy atom. The average Bonchev–Trinajstić information content (AvgIpc) is 2.16. The first-order valence-electron chi connectivity index (χ1n) is 4.73. The molecule has 0 saturated heterocycles. The first-order chi connectivity index (χ1) is 7.00. The maximum Gasteiger partial charge on any atom is 0.332 e. The highest BCUT2D eigenvalue weighted by Crippen LogP contribution is 2.14. The van der Waals surface area contributed by atoms with Crippen LogP contribution in [0, 0.1) is 0 Å². The third kappa shape index (κ3) is 5.15. The monoisotopic (exact) mass is 217 g/mol.